The van der Waals surface area contributed by atoms with Gasteiger partial charge in [-0.25, -0.2) is 0 Å². The normalized spacial score (nSPS) is 17.1. The second-order valence-electron chi connectivity index (χ2n) is 5.02. The van der Waals surface area contributed by atoms with Gasteiger partial charge in [-0.15, -0.1) is 0 Å². The number of rotatable bonds is 4. The molecule has 3 nitrogen and oxygen atoms in total. The zero-order valence-corrected chi connectivity index (χ0v) is 11.8. The van der Waals surface area contributed by atoms with Crippen molar-refractivity contribution in [3.05, 3.63) is 35.5 Å². The van der Waals surface area contributed by atoms with Crippen LogP contribution >= 0.6 is 11.6 Å². The Bertz CT molecular complexity index is 546. The lowest BCUT2D eigenvalue weighted by Crippen LogP contribution is -2.37. The number of benzene rings is 1. The summed E-state index contributed by atoms with van der Waals surface area (Å²) in [6.07, 6.45) is 3.32. The summed E-state index contributed by atoms with van der Waals surface area (Å²) in [6, 6.07) is 8.23. The smallest absolute Gasteiger partial charge is 0.0594 e. The number of aromatic nitrogens is 1. The first-order valence-corrected chi connectivity index (χ1v) is 7.25. The lowest BCUT2D eigenvalue weighted by atomic mass is 10.2. The van der Waals surface area contributed by atoms with E-state index < -0.39 is 0 Å². The van der Waals surface area contributed by atoms with Crippen LogP contribution in [-0.2, 0) is 11.3 Å². The Kier molecular flexibility index (Phi) is 4.06. The topological polar surface area (TPSA) is 17.4 Å². The number of hydrogen-bond acceptors (Lipinski definition) is 2. The van der Waals surface area contributed by atoms with Crippen LogP contribution in [0.1, 0.15) is 6.42 Å². The summed E-state index contributed by atoms with van der Waals surface area (Å²) in [5.41, 5.74) is 1.23. The Balaban J connectivity index is 1.60. The number of morpholine rings is 1. The van der Waals surface area contributed by atoms with E-state index in [-0.39, 0.29) is 0 Å². The van der Waals surface area contributed by atoms with Gasteiger partial charge in [-0.1, -0.05) is 17.7 Å². The summed E-state index contributed by atoms with van der Waals surface area (Å²) >= 11 is 6.07. The average Bonchev–Trinajstić information content (AvgIpc) is 2.83. The van der Waals surface area contributed by atoms with Gasteiger partial charge in [0.2, 0.25) is 0 Å². The van der Waals surface area contributed by atoms with Crippen LogP contribution in [0.2, 0.25) is 5.02 Å². The zero-order chi connectivity index (χ0) is 13.1. The maximum absolute atomic E-state index is 6.07. The lowest BCUT2D eigenvalue weighted by Gasteiger charge is -2.26. The van der Waals surface area contributed by atoms with Gasteiger partial charge in [-0.2, -0.15) is 0 Å². The van der Waals surface area contributed by atoms with Crippen molar-refractivity contribution in [1.29, 1.82) is 0 Å². The Morgan fingerprint density at radius 2 is 1.95 bits per heavy atom. The summed E-state index contributed by atoms with van der Waals surface area (Å²) in [6.45, 7) is 6.07. The minimum atomic E-state index is 0.806. The van der Waals surface area contributed by atoms with Crippen LogP contribution in [0, 0.1) is 0 Å². The molecule has 0 amide bonds. The molecule has 1 aliphatic rings. The third-order valence-electron chi connectivity index (χ3n) is 3.71. The third-order valence-corrected chi connectivity index (χ3v) is 3.95. The molecular formula is C15H19ClN2O. The number of ether oxygens (including phenoxy) is 1. The molecule has 1 aromatic carbocycles. The molecule has 0 atom stereocenters. The van der Waals surface area contributed by atoms with E-state index in [1.807, 2.05) is 12.1 Å². The highest BCUT2D eigenvalue weighted by atomic mass is 35.5. The van der Waals surface area contributed by atoms with Crippen molar-refractivity contribution in [2.45, 2.75) is 13.0 Å². The third kappa shape index (κ3) is 3.11. The van der Waals surface area contributed by atoms with Gasteiger partial charge in [0.05, 0.1) is 13.2 Å². The van der Waals surface area contributed by atoms with Gasteiger partial charge < -0.3 is 9.30 Å². The van der Waals surface area contributed by atoms with Crippen molar-refractivity contribution >= 4 is 22.5 Å². The summed E-state index contributed by atoms with van der Waals surface area (Å²) in [7, 11) is 0. The molecule has 1 saturated heterocycles. The van der Waals surface area contributed by atoms with Gasteiger partial charge in [0.1, 0.15) is 0 Å². The second-order valence-corrected chi connectivity index (χ2v) is 5.46. The second kappa shape index (κ2) is 5.95. The van der Waals surface area contributed by atoms with Gasteiger partial charge in [-0.3, -0.25) is 4.90 Å². The minimum absolute atomic E-state index is 0.806. The fourth-order valence-corrected chi connectivity index (χ4v) is 2.81. The number of fused-ring (bicyclic) bond motifs is 1. The molecule has 1 aromatic heterocycles. The first kappa shape index (κ1) is 13.0. The van der Waals surface area contributed by atoms with Crippen LogP contribution in [0.15, 0.2) is 30.5 Å². The molecule has 0 aliphatic carbocycles. The highest BCUT2D eigenvalue weighted by molar-refractivity contribution is 6.31. The first-order valence-electron chi connectivity index (χ1n) is 6.87. The van der Waals surface area contributed by atoms with E-state index in [1.165, 1.54) is 10.9 Å². The van der Waals surface area contributed by atoms with Crippen molar-refractivity contribution in [3.8, 4) is 0 Å². The van der Waals surface area contributed by atoms with Crippen LogP contribution in [0.5, 0.6) is 0 Å². The van der Waals surface area contributed by atoms with E-state index in [2.05, 4.69) is 27.8 Å². The van der Waals surface area contributed by atoms with Crippen molar-refractivity contribution in [3.63, 3.8) is 0 Å². The molecule has 0 unspecified atom stereocenters. The highest BCUT2D eigenvalue weighted by Gasteiger charge is 2.09. The van der Waals surface area contributed by atoms with Crippen molar-refractivity contribution in [2.24, 2.45) is 0 Å². The molecule has 102 valence electrons. The Labute approximate surface area is 118 Å². The molecule has 2 heterocycles. The van der Waals surface area contributed by atoms with Crippen molar-refractivity contribution in [1.82, 2.24) is 9.47 Å². The molecule has 0 spiro atoms. The minimum Gasteiger partial charge on any atom is -0.379 e. The van der Waals surface area contributed by atoms with Gasteiger partial charge >= 0.3 is 0 Å². The zero-order valence-electron chi connectivity index (χ0n) is 11.0. The average molecular weight is 279 g/mol. The lowest BCUT2D eigenvalue weighted by molar-refractivity contribution is 0.0370. The molecule has 0 N–H and O–H groups in total. The van der Waals surface area contributed by atoms with E-state index in [1.54, 1.807) is 0 Å². The summed E-state index contributed by atoms with van der Waals surface area (Å²) in [5, 5.41) is 2.07. The molecule has 3 rings (SSSR count). The van der Waals surface area contributed by atoms with Gasteiger partial charge in [0.15, 0.2) is 0 Å². The number of halogens is 1. The molecule has 1 aliphatic heterocycles. The molecule has 0 radical (unpaired) electrons. The van der Waals surface area contributed by atoms with Crippen LogP contribution in [0.25, 0.3) is 10.9 Å². The molecule has 1 fully saturated rings. The van der Waals surface area contributed by atoms with Gasteiger partial charge in [0.25, 0.3) is 0 Å². The number of nitrogens with zero attached hydrogens (tertiary/aromatic N) is 2. The van der Waals surface area contributed by atoms with Gasteiger partial charge in [-0.05, 0) is 30.0 Å². The Morgan fingerprint density at radius 1 is 1.11 bits per heavy atom. The van der Waals surface area contributed by atoms with E-state index in [9.17, 15) is 0 Å². The quantitative estimate of drug-likeness (QED) is 0.855. The van der Waals surface area contributed by atoms with E-state index in [0.717, 1.165) is 50.8 Å². The predicted molar refractivity (Wildman–Crippen MR) is 78.8 cm³/mol. The largest absolute Gasteiger partial charge is 0.379 e. The van der Waals surface area contributed by atoms with Gasteiger partial charge in [0, 0.05) is 42.9 Å². The maximum atomic E-state index is 6.07. The summed E-state index contributed by atoms with van der Waals surface area (Å²) < 4.78 is 7.65. The summed E-state index contributed by atoms with van der Waals surface area (Å²) in [4.78, 5) is 2.47. The van der Waals surface area contributed by atoms with E-state index in [4.69, 9.17) is 16.3 Å². The van der Waals surface area contributed by atoms with Crippen LogP contribution < -0.4 is 0 Å². The Morgan fingerprint density at radius 3 is 2.79 bits per heavy atom. The maximum Gasteiger partial charge on any atom is 0.0594 e. The number of hydrogen-bond donors (Lipinski definition) is 0. The van der Waals surface area contributed by atoms with Crippen molar-refractivity contribution < 1.29 is 4.74 Å². The molecule has 0 bridgehead atoms. The Hall–Kier alpha value is -1.03. The molecule has 4 heteroatoms. The van der Waals surface area contributed by atoms with E-state index >= 15 is 0 Å². The monoisotopic (exact) mass is 278 g/mol. The van der Waals surface area contributed by atoms with Crippen molar-refractivity contribution in [2.75, 3.05) is 32.8 Å². The number of aryl methyl sites for hydroxylation is 1. The first-order chi connectivity index (χ1) is 9.33. The molecule has 0 saturated carbocycles. The predicted octanol–water partition coefficient (Wildman–Crippen LogP) is 3.02. The van der Waals surface area contributed by atoms with E-state index in [0.29, 0.717) is 0 Å². The van der Waals surface area contributed by atoms with Crippen LogP contribution in [0.3, 0.4) is 0 Å². The molecular weight excluding hydrogens is 260 g/mol. The standard InChI is InChI=1S/C15H19ClN2O/c16-14-3-2-13-4-7-18(15(13)12-14)6-1-5-17-8-10-19-11-9-17/h2-4,7,12H,1,5-6,8-11H2. The molecule has 2 aromatic rings. The highest BCUT2D eigenvalue weighted by Crippen LogP contribution is 2.20. The summed E-state index contributed by atoms with van der Waals surface area (Å²) in [5.74, 6) is 0. The molecule has 19 heavy (non-hydrogen) atoms. The van der Waals surface area contributed by atoms with Crippen LogP contribution in [-0.4, -0.2) is 42.3 Å². The fourth-order valence-electron chi connectivity index (χ4n) is 2.64. The fraction of sp³-hybridized carbons (Fsp3) is 0.467. The SMILES string of the molecule is Clc1ccc2ccn(CCCN3CCOCC3)c2c1. The van der Waals surface area contributed by atoms with Crippen LogP contribution in [0.4, 0.5) is 0 Å².